The number of hydrogen-bond acceptors (Lipinski definition) is 4. The summed E-state index contributed by atoms with van der Waals surface area (Å²) in [6.07, 6.45) is -5.78. The van der Waals surface area contributed by atoms with Gasteiger partial charge in [-0.15, -0.1) is 0 Å². The first-order valence-corrected chi connectivity index (χ1v) is 8.77. The summed E-state index contributed by atoms with van der Waals surface area (Å²) in [7, 11) is 0. The molecule has 4 nitrogen and oxygen atoms in total. The molecule has 28 heavy (non-hydrogen) atoms. The van der Waals surface area contributed by atoms with E-state index in [-0.39, 0.29) is 28.5 Å². The summed E-state index contributed by atoms with van der Waals surface area (Å²) in [6.45, 7) is 0. The second kappa shape index (κ2) is 7.65. The Morgan fingerprint density at radius 3 is 2.18 bits per heavy atom. The Kier molecular flexibility index (Phi) is 5.60. The quantitative estimate of drug-likeness (QED) is 0.568. The van der Waals surface area contributed by atoms with Crippen molar-refractivity contribution in [3.05, 3.63) is 40.5 Å². The summed E-state index contributed by atoms with van der Waals surface area (Å²) in [4.78, 5) is 7.51. The molecule has 1 aliphatic rings. The van der Waals surface area contributed by atoms with E-state index in [4.69, 9.17) is 11.6 Å². The van der Waals surface area contributed by atoms with Crippen LogP contribution in [0, 0.1) is 0 Å². The zero-order valence-electron chi connectivity index (χ0n) is 14.3. The predicted molar refractivity (Wildman–Crippen MR) is 92.6 cm³/mol. The summed E-state index contributed by atoms with van der Waals surface area (Å²) in [5.41, 5.74) is -2.15. The summed E-state index contributed by atoms with van der Waals surface area (Å²) in [5, 5.41) is 5.12. The molecule has 152 valence electrons. The van der Waals surface area contributed by atoms with E-state index in [1.54, 1.807) is 0 Å². The van der Waals surface area contributed by atoms with Gasteiger partial charge in [0.05, 0.1) is 16.3 Å². The number of alkyl halides is 6. The third-order valence-corrected chi connectivity index (χ3v) is 4.58. The van der Waals surface area contributed by atoms with Crippen molar-refractivity contribution in [1.29, 1.82) is 0 Å². The van der Waals surface area contributed by atoms with E-state index >= 15 is 0 Å². The molecule has 0 saturated heterocycles. The Labute approximate surface area is 161 Å². The monoisotopic (exact) mass is 424 g/mol. The third kappa shape index (κ3) is 4.98. The number of benzene rings is 1. The van der Waals surface area contributed by atoms with E-state index in [1.807, 2.05) is 0 Å². The third-order valence-electron chi connectivity index (χ3n) is 4.26. The van der Waals surface area contributed by atoms with Crippen LogP contribution in [0.2, 0.25) is 5.02 Å². The van der Waals surface area contributed by atoms with E-state index in [9.17, 15) is 26.3 Å². The van der Waals surface area contributed by atoms with Crippen LogP contribution in [0.3, 0.4) is 0 Å². The van der Waals surface area contributed by atoms with Gasteiger partial charge < -0.3 is 10.6 Å². The highest BCUT2D eigenvalue weighted by Crippen LogP contribution is 2.36. The first-order valence-electron chi connectivity index (χ1n) is 8.39. The number of nitrogens with zero attached hydrogens (tertiary/aromatic N) is 2. The van der Waals surface area contributed by atoms with Crippen LogP contribution in [-0.2, 0) is 12.4 Å². The standard InChI is InChI=1S/C17H15ClF6N4/c18-11-7-9(16(19,20)21)5-6-12(11)26-14-8-13(17(22,23)24)27-15(28-14)25-10-3-1-2-4-10/h5-8,10H,1-4H2,(H2,25,26,27,28). The van der Waals surface area contributed by atoms with Crippen LogP contribution in [-0.4, -0.2) is 16.0 Å². The molecule has 2 N–H and O–H groups in total. The van der Waals surface area contributed by atoms with Gasteiger partial charge in [0.25, 0.3) is 0 Å². The molecule has 0 amide bonds. The largest absolute Gasteiger partial charge is 0.433 e. The Balaban J connectivity index is 1.90. The topological polar surface area (TPSA) is 49.8 Å². The number of rotatable bonds is 4. The number of nitrogens with one attached hydrogen (secondary N) is 2. The number of aromatic nitrogens is 2. The molecule has 1 fully saturated rings. The lowest BCUT2D eigenvalue weighted by Gasteiger charge is -2.16. The highest BCUT2D eigenvalue weighted by Gasteiger charge is 2.34. The predicted octanol–water partition coefficient (Wildman–Crippen LogP) is 6.27. The van der Waals surface area contributed by atoms with Gasteiger partial charge in [-0.1, -0.05) is 24.4 Å². The average molecular weight is 425 g/mol. The fourth-order valence-corrected chi connectivity index (χ4v) is 3.13. The van der Waals surface area contributed by atoms with Gasteiger partial charge in [0.1, 0.15) is 5.82 Å². The lowest BCUT2D eigenvalue weighted by Crippen LogP contribution is -2.19. The zero-order valence-corrected chi connectivity index (χ0v) is 15.0. The fraction of sp³-hybridized carbons (Fsp3) is 0.412. The van der Waals surface area contributed by atoms with Crippen LogP contribution >= 0.6 is 11.6 Å². The van der Waals surface area contributed by atoms with Crippen LogP contribution in [0.4, 0.5) is 43.8 Å². The first kappa shape index (κ1) is 20.5. The van der Waals surface area contributed by atoms with Gasteiger partial charge in [0, 0.05) is 12.1 Å². The molecule has 3 rings (SSSR count). The van der Waals surface area contributed by atoms with Crippen LogP contribution in [0.1, 0.15) is 36.9 Å². The molecule has 0 unspecified atom stereocenters. The molecular formula is C17H15ClF6N4. The van der Waals surface area contributed by atoms with Crippen molar-refractivity contribution >= 4 is 29.1 Å². The summed E-state index contributed by atoms with van der Waals surface area (Å²) < 4.78 is 77.7. The maximum Gasteiger partial charge on any atom is 0.433 e. The second-order valence-corrected chi connectivity index (χ2v) is 6.81. The molecule has 1 aromatic heterocycles. The van der Waals surface area contributed by atoms with Crippen LogP contribution in [0.5, 0.6) is 0 Å². The van der Waals surface area contributed by atoms with Gasteiger partial charge in [0.15, 0.2) is 5.69 Å². The normalized spacial score (nSPS) is 15.7. The molecule has 0 spiro atoms. The lowest BCUT2D eigenvalue weighted by atomic mass is 10.2. The fourth-order valence-electron chi connectivity index (χ4n) is 2.90. The Morgan fingerprint density at radius 2 is 1.61 bits per heavy atom. The molecule has 0 bridgehead atoms. The SMILES string of the molecule is FC(F)(F)c1ccc(Nc2cc(C(F)(F)F)nc(NC3CCCC3)n2)c(Cl)c1. The molecule has 1 aliphatic carbocycles. The second-order valence-electron chi connectivity index (χ2n) is 6.40. The Bertz CT molecular complexity index is 847. The van der Waals surface area contributed by atoms with Crippen molar-refractivity contribution in [3.63, 3.8) is 0 Å². The van der Waals surface area contributed by atoms with E-state index in [0.29, 0.717) is 12.1 Å². The van der Waals surface area contributed by atoms with Gasteiger partial charge in [-0.25, -0.2) is 4.98 Å². The van der Waals surface area contributed by atoms with Gasteiger partial charge >= 0.3 is 12.4 Å². The number of halogens is 7. The molecule has 0 aliphatic heterocycles. The van der Waals surface area contributed by atoms with Crippen molar-refractivity contribution in [2.75, 3.05) is 10.6 Å². The summed E-state index contributed by atoms with van der Waals surface area (Å²) in [6, 6.07) is 3.15. The lowest BCUT2D eigenvalue weighted by molar-refractivity contribution is -0.141. The molecule has 2 aromatic rings. The van der Waals surface area contributed by atoms with Gasteiger partial charge in [-0.05, 0) is 31.0 Å². The van der Waals surface area contributed by atoms with Crippen molar-refractivity contribution in [3.8, 4) is 0 Å². The number of anilines is 3. The highest BCUT2D eigenvalue weighted by atomic mass is 35.5. The van der Waals surface area contributed by atoms with Crippen molar-refractivity contribution in [2.24, 2.45) is 0 Å². The molecule has 1 heterocycles. The summed E-state index contributed by atoms with van der Waals surface area (Å²) in [5.74, 6) is -0.434. The van der Waals surface area contributed by atoms with E-state index in [2.05, 4.69) is 20.6 Å². The van der Waals surface area contributed by atoms with Gasteiger partial charge in [-0.3, -0.25) is 0 Å². The Hall–Kier alpha value is -2.23. The first-order chi connectivity index (χ1) is 13.0. The van der Waals surface area contributed by atoms with Crippen LogP contribution in [0.25, 0.3) is 0 Å². The molecular weight excluding hydrogens is 410 g/mol. The van der Waals surface area contributed by atoms with Gasteiger partial charge in [-0.2, -0.15) is 31.3 Å². The maximum atomic E-state index is 13.2. The molecule has 1 aromatic carbocycles. The molecule has 1 saturated carbocycles. The van der Waals surface area contributed by atoms with Crippen LogP contribution < -0.4 is 10.6 Å². The summed E-state index contributed by atoms with van der Waals surface area (Å²) >= 11 is 5.85. The van der Waals surface area contributed by atoms with E-state index in [1.165, 1.54) is 0 Å². The Morgan fingerprint density at radius 1 is 0.929 bits per heavy atom. The molecule has 0 radical (unpaired) electrons. The highest BCUT2D eigenvalue weighted by molar-refractivity contribution is 6.33. The smallest absolute Gasteiger partial charge is 0.351 e. The van der Waals surface area contributed by atoms with Crippen molar-refractivity contribution in [1.82, 2.24) is 9.97 Å². The van der Waals surface area contributed by atoms with Gasteiger partial charge in [0.2, 0.25) is 5.95 Å². The minimum atomic E-state index is -4.71. The van der Waals surface area contributed by atoms with Crippen molar-refractivity contribution < 1.29 is 26.3 Å². The average Bonchev–Trinajstić information content (AvgIpc) is 3.07. The van der Waals surface area contributed by atoms with E-state index in [0.717, 1.165) is 37.8 Å². The maximum absolute atomic E-state index is 13.2. The van der Waals surface area contributed by atoms with Crippen LogP contribution in [0.15, 0.2) is 24.3 Å². The zero-order chi connectivity index (χ0) is 20.5. The molecule has 11 heteroatoms. The molecule has 0 atom stereocenters. The van der Waals surface area contributed by atoms with Crippen molar-refractivity contribution in [2.45, 2.75) is 44.1 Å². The number of hydrogen-bond donors (Lipinski definition) is 2. The van der Waals surface area contributed by atoms with E-state index < -0.39 is 23.6 Å². The minimum Gasteiger partial charge on any atom is -0.351 e. The minimum absolute atomic E-state index is 0.00620.